The van der Waals surface area contributed by atoms with Crippen molar-refractivity contribution in [1.29, 1.82) is 0 Å². The van der Waals surface area contributed by atoms with Crippen LogP contribution in [0.25, 0.3) is 5.65 Å². The summed E-state index contributed by atoms with van der Waals surface area (Å²) in [5.74, 6) is 1.03. The molecule has 0 spiro atoms. The number of hydrogen-bond acceptors (Lipinski definition) is 6. The molecule has 0 radical (unpaired) electrons. The molecule has 3 aromatic rings. The average Bonchev–Trinajstić information content (AvgIpc) is 3.17. The summed E-state index contributed by atoms with van der Waals surface area (Å²) in [4.78, 5) is 24.4. The SMILES string of the molecule is CCc1nc(SCC(=O)NCc2cnc3cnccn23)n[nH]1. The normalized spacial score (nSPS) is 11.0. The number of carbonyl (C=O) groups excluding carboxylic acids is 1. The third-order valence-corrected chi connectivity index (χ3v) is 3.89. The lowest BCUT2D eigenvalue weighted by atomic mass is 10.4. The first kappa shape index (κ1) is 14.5. The first-order valence-electron chi connectivity index (χ1n) is 6.83. The molecule has 0 saturated carbocycles. The van der Waals surface area contributed by atoms with E-state index in [0.29, 0.717) is 11.7 Å². The summed E-state index contributed by atoms with van der Waals surface area (Å²) < 4.78 is 1.89. The lowest BCUT2D eigenvalue weighted by Gasteiger charge is -2.04. The van der Waals surface area contributed by atoms with Crippen molar-refractivity contribution in [3.05, 3.63) is 36.3 Å². The van der Waals surface area contributed by atoms with Gasteiger partial charge in [0.15, 0.2) is 5.65 Å². The second kappa shape index (κ2) is 6.56. The lowest BCUT2D eigenvalue weighted by Crippen LogP contribution is -2.25. The van der Waals surface area contributed by atoms with Crippen molar-refractivity contribution < 1.29 is 4.79 Å². The Bertz CT molecular complexity index is 781. The molecule has 0 bridgehead atoms. The van der Waals surface area contributed by atoms with Crippen LogP contribution in [0.1, 0.15) is 18.4 Å². The van der Waals surface area contributed by atoms with Crippen molar-refractivity contribution in [3.63, 3.8) is 0 Å². The number of aryl methyl sites for hydroxylation is 1. The molecular formula is C13H15N7OS. The molecule has 0 aromatic carbocycles. The van der Waals surface area contributed by atoms with Gasteiger partial charge in [-0.3, -0.25) is 19.3 Å². The van der Waals surface area contributed by atoms with Crippen LogP contribution in [0.2, 0.25) is 0 Å². The number of amides is 1. The van der Waals surface area contributed by atoms with Crippen LogP contribution in [0.5, 0.6) is 0 Å². The molecule has 22 heavy (non-hydrogen) atoms. The molecule has 0 unspecified atom stereocenters. The highest BCUT2D eigenvalue weighted by atomic mass is 32.2. The predicted octanol–water partition coefficient (Wildman–Crippen LogP) is 0.818. The van der Waals surface area contributed by atoms with Gasteiger partial charge in [-0.25, -0.2) is 9.97 Å². The van der Waals surface area contributed by atoms with Crippen LogP contribution in [-0.2, 0) is 17.8 Å². The summed E-state index contributed by atoms with van der Waals surface area (Å²) in [5, 5.41) is 10.3. The zero-order valence-electron chi connectivity index (χ0n) is 12.0. The number of fused-ring (bicyclic) bond motifs is 1. The molecule has 114 valence electrons. The van der Waals surface area contributed by atoms with Crippen molar-refractivity contribution in [3.8, 4) is 0 Å². The van der Waals surface area contributed by atoms with E-state index >= 15 is 0 Å². The van der Waals surface area contributed by atoms with Crippen LogP contribution in [0.15, 0.2) is 29.9 Å². The maximum Gasteiger partial charge on any atom is 0.230 e. The molecular weight excluding hydrogens is 302 g/mol. The van der Waals surface area contributed by atoms with Crippen LogP contribution in [-0.4, -0.2) is 41.2 Å². The predicted molar refractivity (Wildman–Crippen MR) is 81.3 cm³/mol. The molecule has 0 fully saturated rings. The summed E-state index contributed by atoms with van der Waals surface area (Å²) in [6.07, 6.45) is 7.70. The zero-order chi connectivity index (χ0) is 15.4. The number of imidazole rings is 1. The maximum atomic E-state index is 11.9. The van der Waals surface area contributed by atoms with Crippen LogP contribution >= 0.6 is 11.8 Å². The van der Waals surface area contributed by atoms with Crippen LogP contribution in [0.3, 0.4) is 0 Å². The van der Waals surface area contributed by atoms with Crippen molar-refractivity contribution in [1.82, 2.24) is 34.9 Å². The van der Waals surface area contributed by atoms with Crippen LogP contribution in [0, 0.1) is 0 Å². The minimum Gasteiger partial charge on any atom is -0.350 e. The minimum absolute atomic E-state index is 0.0724. The summed E-state index contributed by atoms with van der Waals surface area (Å²) in [7, 11) is 0. The van der Waals surface area contributed by atoms with Crippen molar-refractivity contribution >= 4 is 23.3 Å². The number of H-pyrrole nitrogens is 1. The number of aromatic nitrogens is 6. The van der Waals surface area contributed by atoms with E-state index in [1.165, 1.54) is 11.8 Å². The van der Waals surface area contributed by atoms with E-state index in [4.69, 9.17) is 0 Å². The Morgan fingerprint density at radius 2 is 2.36 bits per heavy atom. The fraction of sp³-hybridized carbons (Fsp3) is 0.308. The van der Waals surface area contributed by atoms with Gasteiger partial charge in [0.05, 0.1) is 30.4 Å². The summed E-state index contributed by atoms with van der Waals surface area (Å²) in [5.41, 5.74) is 1.66. The molecule has 0 aliphatic rings. The fourth-order valence-corrected chi connectivity index (χ4v) is 2.54. The van der Waals surface area contributed by atoms with Gasteiger partial charge < -0.3 is 5.32 Å². The lowest BCUT2D eigenvalue weighted by molar-refractivity contribution is -0.118. The molecule has 8 nitrogen and oxygen atoms in total. The van der Waals surface area contributed by atoms with E-state index in [-0.39, 0.29) is 11.7 Å². The molecule has 0 aliphatic carbocycles. The highest BCUT2D eigenvalue weighted by molar-refractivity contribution is 7.99. The van der Waals surface area contributed by atoms with Gasteiger partial charge in [-0.05, 0) is 0 Å². The van der Waals surface area contributed by atoms with Crippen molar-refractivity contribution in [2.45, 2.75) is 25.0 Å². The quantitative estimate of drug-likeness (QED) is 0.653. The Morgan fingerprint density at radius 3 is 3.18 bits per heavy atom. The summed E-state index contributed by atoms with van der Waals surface area (Å²) in [6.45, 7) is 2.41. The Morgan fingerprint density at radius 1 is 1.45 bits per heavy atom. The molecule has 3 heterocycles. The number of thioether (sulfide) groups is 1. The van der Waals surface area contributed by atoms with Gasteiger partial charge in [-0.2, -0.15) is 0 Å². The monoisotopic (exact) mass is 317 g/mol. The number of rotatable bonds is 6. The fourth-order valence-electron chi connectivity index (χ4n) is 1.90. The smallest absolute Gasteiger partial charge is 0.230 e. The van der Waals surface area contributed by atoms with Gasteiger partial charge in [0.2, 0.25) is 11.1 Å². The standard InChI is InChI=1S/C13H15N7OS/c1-2-10-17-13(19-18-10)22-8-12(21)16-6-9-5-15-11-7-14-3-4-20(9)11/h3-5,7H,2,6,8H2,1H3,(H,16,21)(H,17,18,19). The average molecular weight is 317 g/mol. The molecule has 9 heteroatoms. The first-order valence-corrected chi connectivity index (χ1v) is 7.81. The van der Waals surface area contributed by atoms with Gasteiger partial charge in [-0.15, -0.1) is 5.10 Å². The summed E-state index contributed by atoms with van der Waals surface area (Å²) in [6, 6.07) is 0. The van der Waals surface area contributed by atoms with Gasteiger partial charge in [-0.1, -0.05) is 18.7 Å². The summed E-state index contributed by atoms with van der Waals surface area (Å²) >= 11 is 1.31. The van der Waals surface area contributed by atoms with Crippen molar-refractivity contribution in [2.24, 2.45) is 0 Å². The number of nitrogens with one attached hydrogen (secondary N) is 2. The molecule has 1 amide bonds. The highest BCUT2D eigenvalue weighted by Crippen LogP contribution is 2.12. The zero-order valence-corrected chi connectivity index (χ0v) is 12.8. The van der Waals surface area contributed by atoms with E-state index in [1.54, 1.807) is 18.6 Å². The van der Waals surface area contributed by atoms with Crippen LogP contribution in [0.4, 0.5) is 0 Å². The number of carbonyl (C=O) groups is 1. The van der Waals surface area contributed by atoms with E-state index < -0.39 is 0 Å². The molecule has 0 saturated heterocycles. The van der Waals surface area contributed by atoms with Gasteiger partial charge >= 0.3 is 0 Å². The second-order valence-corrected chi connectivity index (χ2v) is 5.48. The third kappa shape index (κ3) is 3.25. The number of aromatic amines is 1. The van der Waals surface area contributed by atoms with E-state index in [1.807, 2.05) is 17.5 Å². The molecule has 0 aliphatic heterocycles. The van der Waals surface area contributed by atoms with E-state index in [2.05, 4.69) is 30.5 Å². The number of hydrogen-bond donors (Lipinski definition) is 2. The van der Waals surface area contributed by atoms with Gasteiger partial charge in [0, 0.05) is 18.8 Å². The maximum absolute atomic E-state index is 11.9. The van der Waals surface area contributed by atoms with E-state index in [0.717, 1.165) is 23.6 Å². The Labute approximate surface area is 130 Å². The molecule has 2 N–H and O–H groups in total. The molecule has 0 atom stereocenters. The Balaban J connectivity index is 1.52. The van der Waals surface area contributed by atoms with Gasteiger partial charge in [0.25, 0.3) is 0 Å². The highest BCUT2D eigenvalue weighted by Gasteiger charge is 2.08. The Kier molecular flexibility index (Phi) is 4.33. The largest absolute Gasteiger partial charge is 0.350 e. The second-order valence-electron chi connectivity index (χ2n) is 4.54. The van der Waals surface area contributed by atoms with Crippen LogP contribution < -0.4 is 5.32 Å². The number of nitrogens with zero attached hydrogens (tertiary/aromatic N) is 5. The topological polar surface area (TPSA) is 101 Å². The molecule has 3 rings (SSSR count). The minimum atomic E-state index is -0.0724. The Hall–Kier alpha value is -2.42. The van der Waals surface area contributed by atoms with Gasteiger partial charge in [0.1, 0.15) is 5.82 Å². The first-order chi connectivity index (χ1) is 10.8. The third-order valence-electron chi connectivity index (χ3n) is 3.04. The van der Waals surface area contributed by atoms with Crippen molar-refractivity contribution in [2.75, 3.05) is 5.75 Å². The van der Waals surface area contributed by atoms with E-state index in [9.17, 15) is 4.79 Å². The molecule has 3 aromatic heterocycles.